The number of nitrogens with one attached hydrogen (secondary N) is 1. The Morgan fingerprint density at radius 3 is 2.34 bits per heavy atom. The second-order valence-electron chi connectivity index (χ2n) is 7.07. The zero-order chi connectivity index (χ0) is 21.0. The number of nitrogens with zero attached hydrogens (tertiary/aromatic N) is 3. The van der Waals surface area contributed by atoms with Crippen LogP contribution in [0.2, 0.25) is 5.02 Å². The average molecular weight is 437 g/mol. The number of carbonyl (C=O) groups is 1. The summed E-state index contributed by atoms with van der Waals surface area (Å²) in [6, 6.07) is 9.62. The highest BCUT2D eigenvalue weighted by Gasteiger charge is 2.23. The van der Waals surface area contributed by atoms with Crippen LogP contribution in [0.25, 0.3) is 0 Å². The lowest BCUT2D eigenvalue weighted by atomic mass is 10.2. The second-order valence-corrected chi connectivity index (χ2v) is 9.22. The maximum Gasteiger partial charge on any atom is 0.253 e. The van der Waals surface area contributed by atoms with Crippen LogP contribution < -0.4 is 9.62 Å². The van der Waals surface area contributed by atoms with Crippen molar-refractivity contribution in [2.45, 2.75) is 31.2 Å². The van der Waals surface area contributed by atoms with Gasteiger partial charge in [0.2, 0.25) is 10.0 Å². The molecule has 1 N–H and O–H groups in total. The predicted molar refractivity (Wildman–Crippen MR) is 114 cm³/mol. The van der Waals surface area contributed by atoms with E-state index in [1.807, 2.05) is 19.9 Å². The van der Waals surface area contributed by atoms with Crippen molar-refractivity contribution < 1.29 is 13.2 Å². The number of carbonyl (C=O) groups excluding carboxylic acids is 1. The van der Waals surface area contributed by atoms with Gasteiger partial charge < -0.3 is 9.80 Å². The highest BCUT2D eigenvalue weighted by Crippen LogP contribution is 2.18. The number of amides is 1. The average Bonchev–Trinajstić information content (AvgIpc) is 2.73. The number of rotatable bonds is 6. The summed E-state index contributed by atoms with van der Waals surface area (Å²) in [5.74, 6) is 0.734. The fourth-order valence-electron chi connectivity index (χ4n) is 3.07. The number of benzene rings is 1. The summed E-state index contributed by atoms with van der Waals surface area (Å²) in [5.41, 5.74) is 0.477. The molecule has 1 unspecified atom stereocenters. The molecule has 2 heterocycles. The van der Waals surface area contributed by atoms with Crippen LogP contribution in [0.1, 0.15) is 30.6 Å². The number of sulfonamides is 1. The van der Waals surface area contributed by atoms with Crippen LogP contribution in [-0.4, -0.2) is 56.4 Å². The number of halogens is 1. The molecule has 1 amide bonds. The number of piperazine rings is 1. The van der Waals surface area contributed by atoms with E-state index in [0.29, 0.717) is 43.2 Å². The summed E-state index contributed by atoms with van der Waals surface area (Å²) >= 11 is 5.88. The van der Waals surface area contributed by atoms with Gasteiger partial charge in [-0.2, -0.15) is 0 Å². The first kappa shape index (κ1) is 21.5. The molecule has 9 heteroatoms. The third-order valence-corrected chi connectivity index (χ3v) is 6.81. The van der Waals surface area contributed by atoms with Crippen molar-refractivity contribution >= 4 is 33.3 Å². The molecule has 1 aromatic carbocycles. The Hall–Kier alpha value is -2.16. The molecule has 1 aromatic heterocycles. The van der Waals surface area contributed by atoms with Crippen LogP contribution >= 0.6 is 11.6 Å². The number of aromatic nitrogens is 1. The Morgan fingerprint density at radius 1 is 1.14 bits per heavy atom. The fourth-order valence-corrected chi connectivity index (χ4v) is 4.51. The highest BCUT2D eigenvalue weighted by atomic mass is 35.5. The Morgan fingerprint density at radius 2 is 1.79 bits per heavy atom. The molecule has 2 aromatic rings. The van der Waals surface area contributed by atoms with Crippen molar-refractivity contribution in [3.05, 3.63) is 53.2 Å². The summed E-state index contributed by atoms with van der Waals surface area (Å²) in [5, 5.41) is 0.590. The topological polar surface area (TPSA) is 82.6 Å². The van der Waals surface area contributed by atoms with Crippen molar-refractivity contribution in [3.8, 4) is 0 Å². The Kier molecular flexibility index (Phi) is 6.77. The van der Waals surface area contributed by atoms with E-state index in [2.05, 4.69) is 14.6 Å². The summed E-state index contributed by atoms with van der Waals surface area (Å²) in [6.07, 6.45) is 2.31. The summed E-state index contributed by atoms with van der Waals surface area (Å²) in [7, 11) is -3.58. The number of anilines is 1. The highest BCUT2D eigenvalue weighted by molar-refractivity contribution is 7.89. The first-order valence-electron chi connectivity index (χ1n) is 9.58. The molecule has 0 saturated carbocycles. The van der Waals surface area contributed by atoms with Crippen LogP contribution in [0.3, 0.4) is 0 Å². The van der Waals surface area contributed by atoms with Gasteiger partial charge in [-0.25, -0.2) is 18.1 Å². The van der Waals surface area contributed by atoms with Gasteiger partial charge in [-0.3, -0.25) is 4.79 Å². The maximum absolute atomic E-state index is 12.8. The molecule has 1 fully saturated rings. The molecule has 0 aliphatic carbocycles. The predicted octanol–water partition coefficient (Wildman–Crippen LogP) is 2.77. The van der Waals surface area contributed by atoms with Crippen LogP contribution in [0.4, 0.5) is 5.82 Å². The van der Waals surface area contributed by atoms with Gasteiger partial charge in [-0.1, -0.05) is 18.5 Å². The second kappa shape index (κ2) is 9.11. The van der Waals surface area contributed by atoms with E-state index in [-0.39, 0.29) is 16.8 Å². The van der Waals surface area contributed by atoms with Gasteiger partial charge in [0, 0.05) is 44.0 Å². The molecule has 0 spiro atoms. The lowest BCUT2D eigenvalue weighted by Gasteiger charge is -2.35. The van der Waals surface area contributed by atoms with Crippen molar-refractivity contribution in [1.82, 2.24) is 14.6 Å². The summed E-state index contributed by atoms with van der Waals surface area (Å²) in [6.45, 7) is 6.21. The molecule has 1 aliphatic rings. The van der Waals surface area contributed by atoms with E-state index in [0.717, 1.165) is 5.82 Å². The lowest BCUT2D eigenvalue weighted by molar-refractivity contribution is 0.0746. The van der Waals surface area contributed by atoms with E-state index in [1.165, 1.54) is 12.1 Å². The molecule has 1 aliphatic heterocycles. The standard InChI is InChI=1S/C20H25ClN4O3S/c1-3-15(2)23-29(27,28)18-7-4-16(5-8-18)20(26)25-12-10-24(11-13-25)19-9-6-17(21)14-22-19/h4-9,14-15,23H,3,10-13H2,1-2H3. The first-order valence-corrected chi connectivity index (χ1v) is 11.4. The molecule has 7 nitrogen and oxygen atoms in total. The van der Waals surface area contributed by atoms with E-state index < -0.39 is 10.0 Å². The maximum atomic E-state index is 12.8. The number of pyridine rings is 1. The zero-order valence-corrected chi connectivity index (χ0v) is 18.1. The van der Waals surface area contributed by atoms with Gasteiger partial charge in [-0.05, 0) is 49.7 Å². The summed E-state index contributed by atoms with van der Waals surface area (Å²) < 4.78 is 27.3. The van der Waals surface area contributed by atoms with Crippen molar-refractivity contribution in [2.24, 2.45) is 0 Å². The Bertz CT molecular complexity index is 941. The molecule has 0 radical (unpaired) electrons. The fraction of sp³-hybridized carbons (Fsp3) is 0.400. The van der Waals surface area contributed by atoms with Gasteiger partial charge in [0.05, 0.1) is 9.92 Å². The molecule has 1 saturated heterocycles. The minimum absolute atomic E-state index is 0.104. The largest absolute Gasteiger partial charge is 0.353 e. The minimum Gasteiger partial charge on any atom is -0.353 e. The molecular weight excluding hydrogens is 412 g/mol. The van der Waals surface area contributed by atoms with E-state index >= 15 is 0 Å². The first-order chi connectivity index (χ1) is 13.8. The molecule has 3 rings (SSSR count). The van der Waals surface area contributed by atoms with Crippen LogP contribution in [-0.2, 0) is 10.0 Å². The molecule has 29 heavy (non-hydrogen) atoms. The van der Waals surface area contributed by atoms with E-state index in [1.54, 1.807) is 29.3 Å². The Balaban J connectivity index is 1.62. The van der Waals surface area contributed by atoms with Crippen LogP contribution in [0, 0.1) is 0 Å². The quantitative estimate of drug-likeness (QED) is 0.752. The molecular formula is C20H25ClN4O3S. The van der Waals surface area contributed by atoms with Crippen molar-refractivity contribution in [1.29, 1.82) is 0 Å². The summed E-state index contributed by atoms with van der Waals surface area (Å²) in [4.78, 5) is 21.1. The lowest BCUT2D eigenvalue weighted by Crippen LogP contribution is -2.49. The van der Waals surface area contributed by atoms with E-state index in [9.17, 15) is 13.2 Å². The third kappa shape index (κ3) is 5.26. The Labute approximate surface area is 176 Å². The molecule has 0 bridgehead atoms. The molecule has 156 valence electrons. The normalized spacial score (nSPS) is 16.0. The SMILES string of the molecule is CCC(C)NS(=O)(=O)c1ccc(C(=O)N2CCN(c3ccc(Cl)cn3)CC2)cc1. The van der Waals surface area contributed by atoms with Gasteiger partial charge >= 0.3 is 0 Å². The van der Waals surface area contributed by atoms with Gasteiger partial charge in [0.15, 0.2) is 0 Å². The van der Waals surface area contributed by atoms with Crippen LogP contribution in [0.15, 0.2) is 47.5 Å². The van der Waals surface area contributed by atoms with E-state index in [4.69, 9.17) is 11.6 Å². The molecule has 1 atom stereocenters. The smallest absolute Gasteiger partial charge is 0.253 e. The number of hydrogen-bond donors (Lipinski definition) is 1. The van der Waals surface area contributed by atoms with Gasteiger partial charge in [0.25, 0.3) is 5.91 Å². The third-order valence-electron chi connectivity index (χ3n) is 4.98. The zero-order valence-electron chi connectivity index (χ0n) is 16.5. The van der Waals surface area contributed by atoms with Crippen LogP contribution in [0.5, 0.6) is 0 Å². The van der Waals surface area contributed by atoms with Gasteiger partial charge in [0.1, 0.15) is 5.82 Å². The van der Waals surface area contributed by atoms with Crippen molar-refractivity contribution in [2.75, 3.05) is 31.1 Å². The minimum atomic E-state index is -3.58. The monoisotopic (exact) mass is 436 g/mol. The number of hydrogen-bond acceptors (Lipinski definition) is 5. The van der Waals surface area contributed by atoms with Crippen molar-refractivity contribution in [3.63, 3.8) is 0 Å². The van der Waals surface area contributed by atoms with Gasteiger partial charge in [-0.15, -0.1) is 0 Å².